The van der Waals surface area contributed by atoms with Gasteiger partial charge in [0.1, 0.15) is 17.9 Å². The molecule has 0 amide bonds. The Balaban J connectivity index is 2.14. The number of benzene rings is 1. The summed E-state index contributed by atoms with van der Waals surface area (Å²) in [5, 5.41) is 9.62. The van der Waals surface area contributed by atoms with Gasteiger partial charge in [-0.2, -0.15) is 0 Å². The second kappa shape index (κ2) is 4.10. The lowest BCUT2D eigenvalue weighted by Crippen LogP contribution is -2.29. The summed E-state index contributed by atoms with van der Waals surface area (Å²) in [4.78, 5) is 23.7. The van der Waals surface area contributed by atoms with E-state index in [4.69, 9.17) is 10.5 Å². The van der Waals surface area contributed by atoms with Crippen molar-refractivity contribution in [2.24, 2.45) is 5.73 Å². The number of nitrogens with zero attached hydrogens (tertiary/aromatic N) is 1. The standard InChI is InChI=1S/C16H16N2O4/c1-8-7-22-14-11(16(17)4-5-16)3-2-9-12(14)18(8)6-10(13(9)19)15(20)21/h2-3,6,8H,4-5,7,17H2,1H3,(H,20,21)/t8-/m0/s1. The van der Waals surface area contributed by atoms with Crippen molar-refractivity contribution in [2.75, 3.05) is 6.61 Å². The van der Waals surface area contributed by atoms with Crippen LogP contribution in [0.4, 0.5) is 0 Å². The van der Waals surface area contributed by atoms with Crippen molar-refractivity contribution in [1.82, 2.24) is 4.57 Å². The lowest BCUT2D eigenvalue weighted by molar-refractivity contribution is 0.0694. The van der Waals surface area contributed by atoms with Crippen LogP contribution in [0, 0.1) is 0 Å². The molecule has 2 aromatic rings. The number of aromatic nitrogens is 1. The van der Waals surface area contributed by atoms with Crippen LogP contribution in [0.25, 0.3) is 10.9 Å². The number of carboxylic acids is 1. The summed E-state index contributed by atoms with van der Waals surface area (Å²) in [6.45, 7) is 2.36. The maximum Gasteiger partial charge on any atom is 0.341 e. The first-order chi connectivity index (χ1) is 10.4. The van der Waals surface area contributed by atoms with Crippen molar-refractivity contribution in [1.29, 1.82) is 0 Å². The Morgan fingerprint density at radius 2 is 2.18 bits per heavy atom. The monoisotopic (exact) mass is 300 g/mol. The Labute approximate surface area is 126 Å². The maximum atomic E-state index is 12.4. The third kappa shape index (κ3) is 1.64. The summed E-state index contributed by atoms with van der Waals surface area (Å²) in [5.74, 6) is -0.581. The van der Waals surface area contributed by atoms with Crippen LogP contribution in [0.15, 0.2) is 23.1 Å². The van der Waals surface area contributed by atoms with Gasteiger partial charge < -0.3 is 20.1 Å². The van der Waals surface area contributed by atoms with E-state index in [1.807, 2.05) is 11.5 Å². The molecule has 0 unspecified atom stereocenters. The summed E-state index contributed by atoms with van der Waals surface area (Å²) in [6, 6.07) is 3.43. The second-order valence-electron chi connectivity index (χ2n) is 6.24. The zero-order valence-electron chi connectivity index (χ0n) is 12.1. The molecule has 1 aromatic heterocycles. The first kappa shape index (κ1) is 13.3. The van der Waals surface area contributed by atoms with Gasteiger partial charge in [-0.05, 0) is 25.8 Å². The van der Waals surface area contributed by atoms with Gasteiger partial charge in [0.15, 0.2) is 0 Å². The number of hydrogen-bond donors (Lipinski definition) is 2. The SMILES string of the molecule is C[C@H]1COc2c(C3(N)CC3)ccc3c(=O)c(C(=O)O)cn1c23. The normalized spacial score (nSPS) is 21.5. The molecule has 2 heterocycles. The van der Waals surface area contributed by atoms with Crippen LogP contribution in [0.3, 0.4) is 0 Å². The van der Waals surface area contributed by atoms with Crippen LogP contribution in [0.1, 0.15) is 41.7 Å². The van der Waals surface area contributed by atoms with E-state index >= 15 is 0 Å². The summed E-state index contributed by atoms with van der Waals surface area (Å²) in [7, 11) is 0. The molecule has 1 saturated carbocycles. The van der Waals surface area contributed by atoms with Crippen molar-refractivity contribution < 1.29 is 14.6 Å². The van der Waals surface area contributed by atoms with Gasteiger partial charge in [0.25, 0.3) is 0 Å². The molecule has 22 heavy (non-hydrogen) atoms. The molecule has 3 N–H and O–H groups in total. The van der Waals surface area contributed by atoms with Crippen molar-refractivity contribution in [3.05, 3.63) is 39.7 Å². The Morgan fingerprint density at radius 1 is 1.45 bits per heavy atom. The van der Waals surface area contributed by atoms with Crippen LogP contribution in [-0.2, 0) is 5.54 Å². The Morgan fingerprint density at radius 3 is 2.82 bits per heavy atom. The molecule has 1 aromatic carbocycles. The number of hydrogen-bond acceptors (Lipinski definition) is 4. The fraction of sp³-hybridized carbons (Fsp3) is 0.375. The first-order valence-corrected chi connectivity index (χ1v) is 7.30. The van der Waals surface area contributed by atoms with E-state index in [-0.39, 0.29) is 17.1 Å². The van der Waals surface area contributed by atoms with Gasteiger partial charge in [-0.15, -0.1) is 0 Å². The van der Waals surface area contributed by atoms with E-state index in [1.165, 1.54) is 6.20 Å². The van der Waals surface area contributed by atoms with E-state index in [0.29, 0.717) is 23.3 Å². The molecule has 1 aliphatic heterocycles. The van der Waals surface area contributed by atoms with Gasteiger partial charge in [-0.25, -0.2) is 4.79 Å². The van der Waals surface area contributed by atoms with E-state index in [1.54, 1.807) is 12.1 Å². The minimum atomic E-state index is -1.21. The van der Waals surface area contributed by atoms with Gasteiger partial charge in [0.2, 0.25) is 5.43 Å². The highest BCUT2D eigenvalue weighted by Gasteiger charge is 2.43. The summed E-state index contributed by atoms with van der Waals surface area (Å²) in [5.41, 5.74) is 6.79. The van der Waals surface area contributed by atoms with Crippen LogP contribution in [0.5, 0.6) is 5.75 Å². The van der Waals surface area contributed by atoms with Crippen LogP contribution in [0.2, 0.25) is 0 Å². The molecule has 0 radical (unpaired) electrons. The summed E-state index contributed by atoms with van der Waals surface area (Å²) >= 11 is 0. The second-order valence-corrected chi connectivity index (χ2v) is 6.24. The smallest absolute Gasteiger partial charge is 0.341 e. The van der Waals surface area contributed by atoms with Crippen molar-refractivity contribution >= 4 is 16.9 Å². The number of carbonyl (C=O) groups is 1. The number of ether oxygens (including phenoxy) is 1. The fourth-order valence-electron chi connectivity index (χ4n) is 3.14. The van der Waals surface area contributed by atoms with Crippen molar-refractivity contribution in [2.45, 2.75) is 31.3 Å². The highest BCUT2D eigenvalue weighted by molar-refractivity contribution is 5.95. The number of rotatable bonds is 2. The van der Waals surface area contributed by atoms with E-state index in [9.17, 15) is 14.7 Å². The fourth-order valence-corrected chi connectivity index (χ4v) is 3.14. The predicted octanol–water partition coefficient (Wildman–Crippen LogP) is 1.60. The van der Waals surface area contributed by atoms with E-state index in [2.05, 4.69) is 0 Å². The van der Waals surface area contributed by atoms with E-state index < -0.39 is 11.4 Å². The third-order valence-corrected chi connectivity index (χ3v) is 4.65. The van der Waals surface area contributed by atoms with Crippen molar-refractivity contribution in [3.8, 4) is 5.75 Å². The molecule has 6 nitrogen and oxygen atoms in total. The zero-order chi connectivity index (χ0) is 15.6. The summed E-state index contributed by atoms with van der Waals surface area (Å²) < 4.78 is 7.70. The molecule has 4 rings (SSSR count). The van der Waals surface area contributed by atoms with Gasteiger partial charge in [-0.3, -0.25) is 4.79 Å². The average Bonchev–Trinajstić information content (AvgIpc) is 3.23. The average molecular weight is 300 g/mol. The van der Waals surface area contributed by atoms with E-state index in [0.717, 1.165) is 18.4 Å². The topological polar surface area (TPSA) is 94.6 Å². The lowest BCUT2D eigenvalue weighted by Gasteiger charge is -2.29. The molecule has 0 saturated heterocycles. The molecule has 1 atom stereocenters. The zero-order valence-corrected chi connectivity index (χ0v) is 12.1. The third-order valence-electron chi connectivity index (χ3n) is 4.65. The summed E-state index contributed by atoms with van der Waals surface area (Å²) in [6.07, 6.45) is 3.20. The molecule has 0 bridgehead atoms. The Hall–Kier alpha value is -2.34. The molecular weight excluding hydrogens is 284 g/mol. The lowest BCUT2D eigenvalue weighted by atomic mass is 9.99. The number of carboxylic acid groups (broad SMARTS) is 1. The molecule has 1 fully saturated rings. The van der Waals surface area contributed by atoms with Gasteiger partial charge in [-0.1, -0.05) is 6.07 Å². The highest BCUT2D eigenvalue weighted by atomic mass is 16.5. The quantitative estimate of drug-likeness (QED) is 0.878. The maximum absolute atomic E-state index is 12.4. The number of nitrogens with two attached hydrogens (primary N) is 1. The molecular formula is C16H16N2O4. The van der Waals surface area contributed by atoms with Gasteiger partial charge in [0.05, 0.1) is 16.9 Å². The predicted molar refractivity (Wildman–Crippen MR) is 80.5 cm³/mol. The molecule has 1 aliphatic carbocycles. The van der Waals surface area contributed by atoms with Gasteiger partial charge >= 0.3 is 5.97 Å². The van der Waals surface area contributed by atoms with Crippen LogP contribution >= 0.6 is 0 Å². The first-order valence-electron chi connectivity index (χ1n) is 7.30. The minimum absolute atomic E-state index is 0.0446. The Kier molecular flexibility index (Phi) is 2.49. The minimum Gasteiger partial charge on any atom is -0.489 e. The van der Waals surface area contributed by atoms with Crippen molar-refractivity contribution in [3.63, 3.8) is 0 Å². The highest BCUT2D eigenvalue weighted by Crippen LogP contribution is 2.49. The van der Waals surface area contributed by atoms with Crippen LogP contribution in [-0.4, -0.2) is 22.2 Å². The molecule has 0 spiro atoms. The number of pyridine rings is 1. The van der Waals surface area contributed by atoms with Crippen LogP contribution < -0.4 is 15.9 Å². The molecule has 2 aliphatic rings. The largest absolute Gasteiger partial charge is 0.489 e. The Bertz CT molecular complexity index is 880. The number of aromatic carboxylic acids is 1. The molecule has 114 valence electrons. The molecule has 6 heteroatoms. The van der Waals surface area contributed by atoms with Gasteiger partial charge in [0, 0.05) is 17.3 Å².